The average molecular weight is 284 g/mol. The van der Waals surface area contributed by atoms with Gasteiger partial charge in [-0.3, -0.25) is 4.79 Å². The minimum absolute atomic E-state index is 0.574. The summed E-state index contributed by atoms with van der Waals surface area (Å²) in [5, 5.41) is 0. The van der Waals surface area contributed by atoms with Gasteiger partial charge in [-0.1, -0.05) is 84.8 Å². The summed E-state index contributed by atoms with van der Waals surface area (Å²) >= 11 is 0. The van der Waals surface area contributed by atoms with Crippen LogP contribution < -0.4 is 0 Å². The molecule has 0 saturated heterocycles. The highest BCUT2D eigenvalue weighted by atomic mass is 16.1. The first kappa shape index (κ1) is 15.3. The fourth-order valence-electron chi connectivity index (χ4n) is 1.99. The second-order valence-electron chi connectivity index (χ2n) is 4.58. The van der Waals surface area contributed by atoms with E-state index < -0.39 is 0 Å². The van der Waals surface area contributed by atoms with E-state index in [9.17, 15) is 4.79 Å². The van der Waals surface area contributed by atoms with E-state index in [4.69, 9.17) is 6.42 Å². The third-order valence-corrected chi connectivity index (χ3v) is 3.12. The van der Waals surface area contributed by atoms with Gasteiger partial charge in [0, 0.05) is 11.1 Å². The summed E-state index contributed by atoms with van der Waals surface area (Å²) in [5.41, 5.74) is 3.78. The van der Waals surface area contributed by atoms with Crippen LogP contribution in [-0.2, 0) is 0 Å². The fraction of sp³-hybridized carbons (Fsp3) is 0. The standard InChI is InChI=1S/C12H10.C9H6O/c1-3-7-11(8-4-1)12-9-5-2-6-10-12;1-2-8-5-3-4-6-9(8)7-10/h1-10H;1,3-7H. The molecule has 0 saturated carbocycles. The number of carbonyl (C=O) groups excluding carboxylic acids is 1. The smallest absolute Gasteiger partial charge is 0.151 e. The van der Waals surface area contributed by atoms with Gasteiger partial charge in [0.25, 0.3) is 0 Å². The van der Waals surface area contributed by atoms with E-state index in [1.807, 2.05) is 18.2 Å². The zero-order chi connectivity index (χ0) is 15.6. The molecule has 0 spiro atoms. The molecule has 22 heavy (non-hydrogen) atoms. The lowest BCUT2D eigenvalue weighted by molar-refractivity contribution is 0.112. The number of hydrogen-bond donors (Lipinski definition) is 0. The summed E-state index contributed by atoms with van der Waals surface area (Å²) in [6.45, 7) is 0. The van der Waals surface area contributed by atoms with Gasteiger partial charge in [-0.25, -0.2) is 0 Å². The molecular formula is C21H16O. The van der Waals surface area contributed by atoms with Crippen LogP contribution in [0.1, 0.15) is 15.9 Å². The predicted molar refractivity (Wildman–Crippen MR) is 91.6 cm³/mol. The largest absolute Gasteiger partial charge is 0.298 e. The first-order valence-electron chi connectivity index (χ1n) is 6.96. The summed E-state index contributed by atoms with van der Waals surface area (Å²) in [7, 11) is 0. The van der Waals surface area contributed by atoms with Crippen molar-refractivity contribution in [2.75, 3.05) is 0 Å². The number of hydrogen-bond acceptors (Lipinski definition) is 1. The molecule has 0 bridgehead atoms. The van der Waals surface area contributed by atoms with Crippen molar-refractivity contribution in [3.8, 4) is 23.5 Å². The maximum Gasteiger partial charge on any atom is 0.151 e. The van der Waals surface area contributed by atoms with Crippen LogP contribution in [0.4, 0.5) is 0 Å². The van der Waals surface area contributed by atoms with Crippen LogP contribution in [0.5, 0.6) is 0 Å². The zero-order valence-electron chi connectivity index (χ0n) is 12.1. The van der Waals surface area contributed by atoms with E-state index in [2.05, 4.69) is 54.5 Å². The molecular weight excluding hydrogens is 268 g/mol. The lowest BCUT2D eigenvalue weighted by atomic mass is 10.1. The maximum atomic E-state index is 10.3. The second kappa shape index (κ2) is 8.24. The molecule has 0 N–H and O–H groups in total. The third-order valence-electron chi connectivity index (χ3n) is 3.12. The number of benzene rings is 3. The van der Waals surface area contributed by atoms with Gasteiger partial charge in [-0.15, -0.1) is 6.42 Å². The lowest BCUT2D eigenvalue weighted by Gasteiger charge is -1.98. The van der Waals surface area contributed by atoms with Crippen LogP contribution in [0.3, 0.4) is 0 Å². The lowest BCUT2D eigenvalue weighted by Crippen LogP contribution is -1.84. The Hall–Kier alpha value is -3.11. The van der Waals surface area contributed by atoms with E-state index >= 15 is 0 Å². The Morgan fingerprint density at radius 1 is 0.682 bits per heavy atom. The van der Waals surface area contributed by atoms with Crippen LogP contribution in [0.15, 0.2) is 84.9 Å². The number of rotatable bonds is 2. The maximum absolute atomic E-state index is 10.3. The minimum atomic E-state index is 0.574. The van der Waals surface area contributed by atoms with E-state index in [0.717, 1.165) is 6.29 Å². The molecule has 1 nitrogen and oxygen atoms in total. The van der Waals surface area contributed by atoms with Crippen LogP contribution in [0.25, 0.3) is 11.1 Å². The van der Waals surface area contributed by atoms with Crippen molar-refractivity contribution < 1.29 is 4.79 Å². The topological polar surface area (TPSA) is 17.1 Å². The van der Waals surface area contributed by atoms with Gasteiger partial charge in [-0.2, -0.15) is 0 Å². The van der Waals surface area contributed by atoms with Crippen LogP contribution >= 0.6 is 0 Å². The van der Waals surface area contributed by atoms with Gasteiger partial charge in [0.15, 0.2) is 6.29 Å². The molecule has 0 unspecified atom stereocenters. The molecule has 0 radical (unpaired) electrons. The number of carbonyl (C=O) groups is 1. The Morgan fingerprint density at radius 2 is 1.14 bits per heavy atom. The first-order chi connectivity index (χ1) is 10.8. The highest BCUT2D eigenvalue weighted by Gasteiger charge is 1.93. The van der Waals surface area contributed by atoms with Crippen LogP contribution in [0, 0.1) is 12.3 Å². The quantitative estimate of drug-likeness (QED) is 0.486. The van der Waals surface area contributed by atoms with E-state index in [1.165, 1.54) is 11.1 Å². The monoisotopic (exact) mass is 284 g/mol. The number of terminal acetylenes is 1. The average Bonchev–Trinajstić information content (AvgIpc) is 2.63. The molecule has 0 aliphatic rings. The van der Waals surface area contributed by atoms with Gasteiger partial charge in [-0.05, 0) is 17.2 Å². The summed E-state index contributed by atoms with van der Waals surface area (Å²) in [6, 6.07) is 27.8. The molecule has 0 atom stereocenters. The zero-order valence-corrected chi connectivity index (χ0v) is 12.1. The van der Waals surface area contributed by atoms with Crippen LogP contribution in [-0.4, -0.2) is 6.29 Å². The molecule has 3 aromatic rings. The molecule has 3 rings (SSSR count). The summed E-state index contributed by atoms with van der Waals surface area (Å²) in [4.78, 5) is 10.3. The van der Waals surface area contributed by atoms with Crippen molar-refractivity contribution >= 4 is 6.29 Å². The van der Waals surface area contributed by atoms with Gasteiger partial charge in [0.2, 0.25) is 0 Å². The predicted octanol–water partition coefficient (Wildman–Crippen LogP) is 4.83. The Morgan fingerprint density at radius 3 is 1.55 bits per heavy atom. The highest BCUT2D eigenvalue weighted by molar-refractivity contribution is 5.79. The molecule has 0 aromatic heterocycles. The van der Waals surface area contributed by atoms with Gasteiger partial charge in [0.05, 0.1) is 0 Å². The molecule has 3 aromatic carbocycles. The van der Waals surface area contributed by atoms with E-state index in [-0.39, 0.29) is 0 Å². The van der Waals surface area contributed by atoms with Crippen molar-refractivity contribution in [3.63, 3.8) is 0 Å². The Bertz CT molecular complexity index is 715. The molecule has 0 aliphatic carbocycles. The van der Waals surface area contributed by atoms with Crippen molar-refractivity contribution in [1.29, 1.82) is 0 Å². The second-order valence-corrected chi connectivity index (χ2v) is 4.58. The summed E-state index contributed by atoms with van der Waals surface area (Å²) in [6.07, 6.45) is 5.88. The van der Waals surface area contributed by atoms with E-state index in [0.29, 0.717) is 11.1 Å². The minimum Gasteiger partial charge on any atom is -0.298 e. The SMILES string of the molecule is C#Cc1ccccc1C=O.c1ccc(-c2ccccc2)cc1. The van der Waals surface area contributed by atoms with Crippen LogP contribution in [0.2, 0.25) is 0 Å². The Balaban J connectivity index is 0.000000164. The normalized spacial score (nSPS) is 9.05. The van der Waals surface area contributed by atoms with Crippen molar-refractivity contribution in [3.05, 3.63) is 96.1 Å². The Kier molecular flexibility index (Phi) is 5.72. The van der Waals surface area contributed by atoms with Gasteiger partial charge < -0.3 is 0 Å². The number of aldehydes is 1. The first-order valence-corrected chi connectivity index (χ1v) is 6.96. The van der Waals surface area contributed by atoms with E-state index in [1.54, 1.807) is 18.2 Å². The van der Waals surface area contributed by atoms with Crippen molar-refractivity contribution in [2.45, 2.75) is 0 Å². The molecule has 0 fully saturated rings. The van der Waals surface area contributed by atoms with Gasteiger partial charge in [0.1, 0.15) is 0 Å². The molecule has 106 valence electrons. The Labute approximate surface area is 131 Å². The third kappa shape index (κ3) is 4.19. The molecule has 1 heteroatoms. The summed E-state index contributed by atoms with van der Waals surface area (Å²) in [5.74, 6) is 2.42. The van der Waals surface area contributed by atoms with Crippen molar-refractivity contribution in [1.82, 2.24) is 0 Å². The molecule has 0 amide bonds. The molecule has 0 aliphatic heterocycles. The highest BCUT2D eigenvalue weighted by Crippen LogP contribution is 2.17. The fourth-order valence-corrected chi connectivity index (χ4v) is 1.99. The van der Waals surface area contributed by atoms with Gasteiger partial charge >= 0.3 is 0 Å². The summed E-state index contributed by atoms with van der Waals surface area (Å²) < 4.78 is 0. The molecule has 0 heterocycles. The van der Waals surface area contributed by atoms with Crippen molar-refractivity contribution in [2.24, 2.45) is 0 Å².